The lowest BCUT2D eigenvalue weighted by molar-refractivity contribution is -0.0667. The molecular formula is C13H19NO2S. The number of methoxy groups -OCH3 is 1. The van der Waals surface area contributed by atoms with Gasteiger partial charge in [-0.1, -0.05) is 13.8 Å². The molecule has 0 saturated heterocycles. The molecule has 0 amide bonds. The van der Waals surface area contributed by atoms with Gasteiger partial charge < -0.3 is 4.74 Å². The van der Waals surface area contributed by atoms with Gasteiger partial charge in [0.15, 0.2) is 6.29 Å². The molecule has 1 fully saturated rings. The van der Waals surface area contributed by atoms with Crippen molar-refractivity contribution in [2.24, 2.45) is 5.41 Å². The van der Waals surface area contributed by atoms with E-state index in [4.69, 9.17) is 4.74 Å². The Morgan fingerprint density at radius 2 is 2.00 bits per heavy atom. The predicted octanol–water partition coefficient (Wildman–Crippen LogP) is 3.40. The van der Waals surface area contributed by atoms with Gasteiger partial charge in [0.05, 0.1) is 0 Å². The predicted molar refractivity (Wildman–Crippen MR) is 68.4 cm³/mol. The maximum Gasteiger partial charge on any atom is 0.169 e. The van der Waals surface area contributed by atoms with Crippen LogP contribution < -0.4 is 0 Å². The van der Waals surface area contributed by atoms with Gasteiger partial charge in [-0.05, 0) is 31.1 Å². The lowest BCUT2D eigenvalue weighted by Gasteiger charge is -2.41. The molecule has 0 unspecified atom stereocenters. The van der Waals surface area contributed by atoms with Crippen molar-refractivity contribution in [3.63, 3.8) is 0 Å². The standard InChI is InChI=1S/C13H19NO2S/c1-12(2)4-6-13(16-3,7-5-12)11-14-10(8-15)9-17-11/h8-9H,4-7H2,1-3H3. The molecule has 1 saturated carbocycles. The summed E-state index contributed by atoms with van der Waals surface area (Å²) in [6, 6.07) is 0. The third-order valence-corrected chi connectivity index (χ3v) is 4.88. The van der Waals surface area contributed by atoms with Crippen molar-refractivity contribution in [2.45, 2.75) is 45.1 Å². The highest BCUT2D eigenvalue weighted by atomic mass is 32.1. The topological polar surface area (TPSA) is 39.2 Å². The van der Waals surface area contributed by atoms with Crippen LogP contribution in [0.2, 0.25) is 0 Å². The molecule has 0 radical (unpaired) electrons. The first-order valence-corrected chi connectivity index (χ1v) is 6.86. The van der Waals surface area contributed by atoms with Gasteiger partial charge >= 0.3 is 0 Å². The van der Waals surface area contributed by atoms with E-state index in [1.165, 1.54) is 11.3 Å². The van der Waals surface area contributed by atoms with Crippen LogP contribution in [0, 0.1) is 5.41 Å². The van der Waals surface area contributed by atoms with Gasteiger partial charge in [-0.15, -0.1) is 11.3 Å². The number of thiazole rings is 1. The molecule has 1 heterocycles. The molecule has 0 spiro atoms. The van der Waals surface area contributed by atoms with Crippen molar-refractivity contribution >= 4 is 17.6 Å². The van der Waals surface area contributed by atoms with Crippen molar-refractivity contribution in [2.75, 3.05) is 7.11 Å². The summed E-state index contributed by atoms with van der Waals surface area (Å²) in [4.78, 5) is 15.1. The molecule has 1 aliphatic carbocycles. The van der Waals surface area contributed by atoms with Gasteiger partial charge in [-0.25, -0.2) is 4.98 Å². The van der Waals surface area contributed by atoms with E-state index >= 15 is 0 Å². The lowest BCUT2D eigenvalue weighted by Crippen LogP contribution is -2.36. The Balaban J connectivity index is 2.23. The second-order valence-electron chi connectivity index (χ2n) is 5.56. The summed E-state index contributed by atoms with van der Waals surface area (Å²) in [6.07, 6.45) is 5.05. The van der Waals surface area contributed by atoms with Gasteiger partial charge in [-0.3, -0.25) is 4.79 Å². The van der Waals surface area contributed by atoms with Crippen LogP contribution in [0.1, 0.15) is 55.0 Å². The van der Waals surface area contributed by atoms with E-state index in [9.17, 15) is 4.79 Å². The van der Waals surface area contributed by atoms with E-state index in [1.807, 2.05) is 5.38 Å². The monoisotopic (exact) mass is 253 g/mol. The van der Waals surface area contributed by atoms with Crippen LogP contribution in [0.25, 0.3) is 0 Å². The second-order valence-corrected chi connectivity index (χ2v) is 6.42. The summed E-state index contributed by atoms with van der Waals surface area (Å²) < 4.78 is 5.75. The minimum atomic E-state index is -0.262. The summed E-state index contributed by atoms with van der Waals surface area (Å²) in [5.74, 6) is 0. The number of rotatable bonds is 3. The Morgan fingerprint density at radius 1 is 1.35 bits per heavy atom. The Kier molecular flexibility index (Phi) is 3.36. The molecule has 3 nitrogen and oxygen atoms in total. The van der Waals surface area contributed by atoms with Gasteiger partial charge in [0.25, 0.3) is 0 Å². The number of aromatic nitrogens is 1. The highest BCUT2D eigenvalue weighted by molar-refractivity contribution is 7.10. The fraction of sp³-hybridized carbons (Fsp3) is 0.692. The average molecular weight is 253 g/mol. The Hall–Kier alpha value is -0.740. The molecule has 94 valence electrons. The first kappa shape index (κ1) is 12.7. The molecule has 1 aliphatic rings. The van der Waals surface area contributed by atoms with Crippen molar-refractivity contribution in [1.82, 2.24) is 4.98 Å². The maximum absolute atomic E-state index is 10.7. The fourth-order valence-corrected chi connectivity index (χ4v) is 3.39. The zero-order valence-electron chi connectivity index (χ0n) is 10.7. The molecule has 0 aliphatic heterocycles. The number of carbonyl (C=O) groups is 1. The molecule has 17 heavy (non-hydrogen) atoms. The van der Waals surface area contributed by atoms with E-state index in [0.29, 0.717) is 11.1 Å². The minimum absolute atomic E-state index is 0.262. The first-order valence-electron chi connectivity index (χ1n) is 5.98. The molecular weight excluding hydrogens is 234 g/mol. The fourth-order valence-electron chi connectivity index (χ4n) is 2.39. The molecule has 0 bridgehead atoms. The summed E-state index contributed by atoms with van der Waals surface area (Å²) in [7, 11) is 1.75. The highest BCUT2D eigenvalue weighted by Gasteiger charge is 2.41. The van der Waals surface area contributed by atoms with Crippen LogP contribution in [-0.2, 0) is 10.3 Å². The maximum atomic E-state index is 10.7. The number of carbonyl (C=O) groups excluding carboxylic acids is 1. The summed E-state index contributed by atoms with van der Waals surface area (Å²) >= 11 is 1.54. The van der Waals surface area contributed by atoms with Gasteiger partial charge in [0.1, 0.15) is 16.3 Å². The van der Waals surface area contributed by atoms with Crippen LogP contribution >= 0.6 is 11.3 Å². The van der Waals surface area contributed by atoms with E-state index in [-0.39, 0.29) is 5.60 Å². The molecule has 1 aromatic rings. The van der Waals surface area contributed by atoms with Crippen molar-refractivity contribution in [3.8, 4) is 0 Å². The second kappa shape index (κ2) is 4.50. The van der Waals surface area contributed by atoms with Crippen molar-refractivity contribution < 1.29 is 9.53 Å². The third-order valence-electron chi connectivity index (χ3n) is 3.83. The van der Waals surface area contributed by atoms with E-state index < -0.39 is 0 Å². The molecule has 1 aromatic heterocycles. The van der Waals surface area contributed by atoms with E-state index in [2.05, 4.69) is 18.8 Å². The molecule has 4 heteroatoms. The van der Waals surface area contributed by atoms with Crippen LogP contribution in [0.5, 0.6) is 0 Å². The number of aldehydes is 1. The Bertz CT molecular complexity index is 401. The number of hydrogen-bond acceptors (Lipinski definition) is 4. The normalized spacial score (nSPS) is 22.3. The third kappa shape index (κ3) is 2.43. The summed E-state index contributed by atoms with van der Waals surface area (Å²) in [5, 5.41) is 2.76. The Labute approximate surface area is 106 Å². The molecule has 0 aromatic carbocycles. The molecule has 0 atom stereocenters. The van der Waals surface area contributed by atoms with Crippen molar-refractivity contribution in [3.05, 3.63) is 16.1 Å². The van der Waals surface area contributed by atoms with E-state index in [0.717, 1.165) is 37.0 Å². The minimum Gasteiger partial charge on any atom is -0.371 e. The number of ether oxygens (including phenoxy) is 1. The first-order chi connectivity index (χ1) is 8.01. The van der Waals surface area contributed by atoms with Crippen LogP contribution in [0.15, 0.2) is 5.38 Å². The smallest absolute Gasteiger partial charge is 0.169 e. The zero-order chi connectivity index (χ0) is 12.5. The van der Waals surface area contributed by atoms with Gasteiger partial charge in [-0.2, -0.15) is 0 Å². The zero-order valence-corrected chi connectivity index (χ0v) is 11.5. The van der Waals surface area contributed by atoms with Crippen LogP contribution in [0.3, 0.4) is 0 Å². The van der Waals surface area contributed by atoms with Gasteiger partial charge in [0, 0.05) is 12.5 Å². The van der Waals surface area contributed by atoms with Crippen LogP contribution in [0.4, 0.5) is 0 Å². The van der Waals surface area contributed by atoms with Gasteiger partial charge in [0.2, 0.25) is 0 Å². The van der Waals surface area contributed by atoms with E-state index in [1.54, 1.807) is 7.11 Å². The highest BCUT2D eigenvalue weighted by Crippen LogP contribution is 2.47. The largest absolute Gasteiger partial charge is 0.371 e. The quantitative estimate of drug-likeness (QED) is 0.775. The number of nitrogens with zero attached hydrogens (tertiary/aromatic N) is 1. The molecule has 0 N–H and O–H groups in total. The number of hydrogen-bond donors (Lipinski definition) is 0. The summed E-state index contributed by atoms with van der Waals surface area (Å²) in [6.45, 7) is 4.59. The SMILES string of the molecule is COC1(c2nc(C=O)cs2)CCC(C)(C)CC1. The van der Waals surface area contributed by atoms with Crippen LogP contribution in [-0.4, -0.2) is 18.4 Å². The Morgan fingerprint density at radius 3 is 2.47 bits per heavy atom. The average Bonchev–Trinajstić information content (AvgIpc) is 2.79. The lowest BCUT2D eigenvalue weighted by atomic mass is 9.71. The van der Waals surface area contributed by atoms with Crippen molar-refractivity contribution in [1.29, 1.82) is 0 Å². The molecule has 2 rings (SSSR count). The summed E-state index contributed by atoms with van der Waals surface area (Å²) in [5.41, 5.74) is 0.653.